The molecule has 0 aliphatic carbocycles. The van der Waals surface area contributed by atoms with Crippen molar-refractivity contribution in [2.45, 2.75) is 51.1 Å². The van der Waals surface area contributed by atoms with Crippen molar-refractivity contribution in [3.63, 3.8) is 0 Å². The lowest BCUT2D eigenvalue weighted by Gasteiger charge is -2.35. The molecule has 1 saturated heterocycles. The van der Waals surface area contributed by atoms with Gasteiger partial charge in [0, 0.05) is 13.1 Å². The first kappa shape index (κ1) is 18.8. The number of imidazole rings is 1. The molecule has 0 bridgehead atoms. The van der Waals surface area contributed by atoms with Crippen molar-refractivity contribution in [3.8, 4) is 0 Å². The van der Waals surface area contributed by atoms with Crippen molar-refractivity contribution in [2.75, 3.05) is 18.8 Å². The quantitative estimate of drug-likeness (QED) is 0.792. The third-order valence-corrected chi connectivity index (χ3v) is 6.25. The van der Waals surface area contributed by atoms with E-state index in [-0.39, 0.29) is 35.6 Å². The van der Waals surface area contributed by atoms with E-state index in [0.717, 1.165) is 0 Å². The minimum atomic E-state index is -3.54. The average Bonchev–Trinajstić information content (AvgIpc) is 2.93. The van der Waals surface area contributed by atoms with Gasteiger partial charge in [0.15, 0.2) is 0 Å². The smallest absolute Gasteiger partial charge is 0.242 e. The van der Waals surface area contributed by atoms with Crippen LogP contribution in [0.1, 0.15) is 27.2 Å². The van der Waals surface area contributed by atoms with Gasteiger partial charge in [0.2, 0.25) is 20.9 Å². The molecule has 0 radical (unpaired) electrons. The first-order valence-corrected chi connectivity index (χ1v) is 10.6. The maximum Gasteiger partial charge on any atom is 0.242 e. The zero-order chi connectivity index (χ0) is 18.9. The van der Waals surface area contributed by atoms with Gasteiger partial charge >= 0.3 is 0 Å². The fraction of sp³-hybridized carbons (Fsp3) is 0.556. The van der Waals surface area contributed by atoms with Crippen LogP contribution in [0.2, 0.25) is 0 Å². The largest absolute Gasteiger partial charge is 0.372 e. The number of rotatable bonds is 5. The Morgan fingerprint density at radius 1 is 1.23 bits per heavy atom. The number of hydrogen-bond donors (Lipinski definition) is 0. The molecule has 1 aromatic carbocycles. The van der Waals surface area contributed by atoms with Gasteiger partial charge in [0.05, 0.1) is 29.0 Å². The SMILES string of the molecule is CCCS(=O)(=O)c1nc2ccccc2n1CC(=O)N1C[C@@H](C)O[C@@H](C)C1. The minimum absolute atomic E-state index is 0.0101. The Labute approximate surface area is 153 Å². The van der Waals surface area contributed by atoms with E-state index in [9.17, 15) is 13.2 Å². The highest BCUT2D eigenvalue weighted by Gasteiger charge is 2.29. The molecule has 0 saturated carbocycles. The Kier molecular flexibility index (Phi) is 5.34. The van der Waals surface area contributed by atoms with Gasteiger partial charge in [-0.3, -0.25) is 4.79 Å². The Hall–Kier alpha value is -1.93. The van der Waals surface area contributed by atoms with E-state index in [1.807, 2.05) is 32.9 Å². The number of benzene rings is 1. The number of sulfone groups is 1. The number of amides is 1. The number of ether oxygens (including phenoxy) is 1. The molecule has 0 spiro atoms. The maximum atomic E-state index is 12.9. The molecule has 0 N–H and O–H groups in total. The van der Waals surface area contributed by atoms with Crippen LogP contribution in [0.4, 0.5) is 0 Å². The van der Waals surface area contributed by atoms with Crippen molar-refractivity contribution in [2.24, 2.45) is 0 Å². The van der Waals surface area contributed by atoms with Gasteiger partial charge in [0.1, 0.15) is 6.54 Å². The molecule has 26 heavy (non-hydrogen) atoms. The molecule has 0 unspecified atom stereocenters. The highest BCUT2D eigenvalue weighted by molar-refractivity contribution is 7.91. The van der Waals surface area contributed by atoms with E-state index < -0.39 is 9.84 Å². The number of carbonyl (C=O) groups is 1. The zero-order valence-electron chi connectivity index (χ0n) is 15.4. The predicted molar refractivity (Wildman–Crippen MR) is 98.7 cm³/mol. The van der Waals surface area contributed by atoms with Crippen LogP contribution in [-0.2, 0) is 25.9 Å². The number of aromatic nitrogens is 2. The van der Waals surface area contributed by atoms with Gasteiger partial charge in [-0.2, -0.15) is 0 Å². The Morgan fingerprint density at radius 3 is 2.54 bits per heavy atom. The van der Waals surface area contributed by atoms with Crippen LogP contribution in [-0.4, -0.2) is 59.8 Å². The van der Waals surface area contributed by atoms with Gasteiger partial charge in [-0.05, 0) is 32.4 Å². The Balaban J connectivity index is 1.97. The van der Waals surface area contributed by atoms with Gasteiger partial charge in [-0.15, -0.1) is 0 Å². The lowest BCUT2D eigenvalue weighted by Crippen LogP contribution is -2.49. The third kappa shape index (κ3) is 3.76. The van der Waals surface area contributed by atoms with Crippen LogP contribution >= 0.6 is 0 Å². The van der Waals surface area contributed by atoms with Crippen LogP contribution in [0.25, 0.3) is 11.0 Å². The number of fused-ring (bicyclic) bond motifs is 1. The van der Waals surface area contributed by atoms with Crippen molar-refractivity contribution in [1.29, 1.82) is 0 Å². The molecule has 1 fully saturated rings. The van der Waals surface area contributed by atoms with E-state index in [1.54, 1.807) is 17.0 Å². The van der Waals surface area contributed by atoms with E-state index in [2.05, 4.69) is 4.98 Å². The van der Waals surface area contributed by atoms with E-state index in [1.165, 1.54) is 4.57 Å². The highest BCUT2D eigenvalue weighted by atomic mass is 32.2. The molecule has 3 rings (SSSR count). The van der Waals surface area contributed by atoms with Crippen LogP contribution in [0.15, 0.2) is 29.4 Å². The standard InChI is InChI=1S/C18H25N3O4S/c1-4-9-26(23,24)18-19-15-7-5-6-8-16(15)21(18)12-17(22)20-10-13(2)25-14(3)11-20/h5-8,13-14H,4,9-12H2,1-3H3/t13-,14+. The predicted octanol–water partition coefficient (Wildman–Crippen LogP) is 1.86. The molecule has 2 atom stereocenters. The first-order valence-electron chi connectivity index (χ1n) is 8.93. The number of para-hydroxylation sites is 2. The second-order valence-corrected chi connectivity index (χ2v) is 8.85. The van der Waals surface area contributed by atoms with Crippen LogP contribution in [0.5, 0.6) is 0 Å². The summed E-state index contributed by atoms with van der Waals surface area (Å²) in [5, 5.41) is -0.0248. The minimum Gasteiger partial charge on any atom is -0.372 e. The summed E-state index contributed by atoms with van der Waals surface area (Å²) in [6.45, 7) is 6.64. The average molecular weight is 379 g/mol. The monoisotopic (exact) mass is 379 g/mol. The number of morpholine rings is 1. The fourth-order valence-corrected chi connectivity index (χ4v) is 4.88. The summed E-state index contributed by atoms with van der Waals surface area (Å²) in [6, 6.07) is 7.19. The van der Waals surface area contributed by atoms with Crippen molar-refractivity contribution < 1.29 is 17.9 Å². The van der Waals surface area contributed by atoms with Crippen LogP contribution in [0, 0.1) is 0 Å². The van der Waals surface area contributed by atoms with Crippen molar-refractivity contribution >= 4 is 26.8 Å². The summed E-state index contributed by atoms with van der Waals surface area (Å²) in [6.07, 6.45) is 0.425. The Morgan fingerprint density at radius 2 is 1.88 bits per heavy atom. The molecule has 7 nitrogen and oxygen atoms in total. The number of nitrogens with zero attached hydrogens (tertiary/aromatic N) is 3. The lowest BCUT2D eigenvalue weighted by molar-refractivity contribution is -0.143. The summed E-state index contributed by atoms with van der Waals surface area (Å²) < 4.78 is 32.5. The summed E-state index contributed by atoms with van der Waals surface area (Å²) in [7, 11) is -3.54. The van der Waals surface area contributed by atoms with Gasteiger partial charge in [-0.1, -0.05) is 19.1 Å². The molecule has 1 aliphatic rings. The van der Waals surface area contributed by atoms with Crippen LogP contribution in [0.3, 0.4) is 0 Å². The molecule has 8 heteroatoms. The second kappa shape index (κ2) is 7.36. The topological polar surface area (TPSA) is 81.5 Å². The first-order chi connectivity index (χ1) is 12.3. The molecule has 2 heterocycles. The van der Waals surface area contributed by atoms with Crippen molar-refractivity contribution in [1.82, 2.24) is 14.5 Å². The van der Waals surface area contributed by atoms with E-state index >= 15 is 0 Å². The molecular formula is C18H25N3O4S. The van der Waals surface area contributed by atoms with E-state index in [4.69, 9.17) is 4.74 Å². The summed E-state index contributed by atoms with van der Waals surface area (Å²) >= 11 is 0. The van der Waals surface area contributed by atoms with Crippen LogP contribution < -0.4 is 0 Å². The molecule has 1 aliphatic heterocycles. The lowest BCUT2D eigenvalue weighted by atomic mass is 10.2. The molecule has 2 aromatic rings. The number of hydrogen-bond acceptors (Lipinski definition) is 5. The highest BCUT2D eigenvalue weighted by Crippen LogP contribution is 2.22. The third-order valence-electron chi connectivity index (χ3n) is 4.44. The zero-order valence-corrected chi connectivity index (χ0v) is 16.2. The van der Waals surface area contributed by atoms with Gasteiger partial charge < -0.3 is 14.2 Å². The molecule has 1 amide bonds. The van der Waals surface area contributed by atoms with Gasteiger partial charge in [0.25, 0.3) is 0 Å². The summed E-state index contributed by atoms with van der Waals surface area (Å²) in [5.41, 5.74) is 1.24. The van der Waals surface area contributed by atoms with Crippen molar-refractivity contribution in [3.05, 3.63) is 24.3 Å². The van der Waals surface area contributed by atoms with E-state index in [0.29, 0.717) is 30.5 Å². The molecule has 1 aromatic heterocycles. The Bertz CT molecular complexity index is 896. The molecule has 142 valence electrons. The molecular weight excluding hydrogens is 354 g/mol. The summed E-state index contributed by atoms with van der Waals surface area (Å²) in [4.78, 5) is 18.9. The fourth-order valence-electron chi connectivity index (χ4n) is 3.42. The summed E-state index contributed by atoms with van der Waals surface area (Å²) in [5.74, 6) is -0.112. The second-order valence-electron chi connectivity index (χ2n) is 6.84. The van der Waals surface area contributed by atoms with Gasteiger partial charge in [-0.25, -0.2) is 13.4 Å². The number of carbonyl (C=O) groups excluding carboxylic acids is 1. The normalized spacial score (nSPS) is 21.3. The maximum absolute atomic E-state index is 12.9.